The Bertz CT molecular complexity index is 683. The van der Waals surface area contributed by atoms with E-state index in [0.717, 1.165) is 27.9 Å². The van der Waals surface area contributed by atoms with E-state index in [0.29, 0.717) is 0 Å². The smallest absolute Gasteiger partial charge is 0.118 e. The van der Waals surface area contributed by atoms with E-state index in [9.17, 15) is 5.11 Å². The Morgan fingerprint density at radius 1 is 1.00 bits per heavy atom. The van der Waals surface area contributed by atoms with Crippen molar-refractivity contribution in [3.05, 3.63) is 48.5 Å². The van der Waals surface area contributed by atoms with E-state index in [4.69, 9.17) is 4.74 Å². The number of benzene rings is 2. The van der Waals surface area contributed by atoms with Crippen molar-refractivity contribution in [3.63, 3.8) is 0 Å². The highest BCUT2D eigenvalue weighted by Gasteiger charge is 2.04. The Balaban J connectivity index is 2.07. The van der Waals surface area contributed by atoms with Gasteiger partial charge in [-0.3, -0.25) is 0 Å². The predicted molar refractivity (Wildman–Crippen MR) is 72.0 cm³/mol. The van der Waals surface area contributed by atoms with Gasteiger partial charge in [-0.2, -0.15) is 0 Å². The van der Waals surface area contributed by atoms with Crippen molar-refractivity contribution in [2.24, 2.45) is 0 Å². The highest BCUT2D eigenvalue weighted by Crippen LogP contribution is 2.27. The Labute approximate surface area is 105 Å². The standard InChI is InChI=1S/C15H13NO2/c1-18-13-5-2-10(3-6-13)15-9-11-8-12(17)4-7-14(11)16-15/h2-9,16-17H,1H3. The largest absolute Gasteiger partial charge is 0.508 e. The number of hydrogen-bond donors (Lipinski definition) is 2. The van der Waals surface area contributed by atoms with Crippen molar-refractivity contribution < 1.29 is 9.84 Å². The summed E-state index contributed by atoms with van der Waals surface area (Å²) in [6.45, 7) is 0. The van der Waals surface area contributed by atoms with E-state index in [1.165, 1.54) is 0 Å². The summed E-state index contributed by atoms with van der Waals surface area (Å²) < 4.78 is 5.14. The lowest BCUT2D eigenvalue weighted by atomic mass is 10.1. The highest BCUT2D eigenvalue weighted by atomic mass is 16.5. The first-order valence-electron chi connectivity index (χ1n) is 5.72. The summed E-state index contributed by atoms with van der Waals surface area (Å²) in [7, 11) is 1.65. The second-order valence-corrected chi connectivity index (χ2v) is 4.18. The molecule has 3 rings (SSSR count). The van der Waals surface area contributed by atoms with Gasteiger partial charge in [0.25, 0.3) is 0 Å². The van der Waals surface area contributed by atoms with E-state index >= 15 is 0 Å². The molecule has 0 amide bonds. The second kappa shape index (κ2) is 4.11. The molecule has 0 aliphatic carbocycles. The molecule has 3 heteroatoms. The number of H-pyrrole nitrogens is 1. The van der Waals surface area contributed by atoms with E-state index in [1.54, 1.807) is 19.2 Å². The second-order valence-electron chi connectivity index (χ2n) is 4.18. The number of aromatic amines is 1. The summed E-state index contributed by atoms with van der Waals surface area (Å²) in [6.07, 6.45) is 0. The molecule has 0 aliphatic rings. The predicted octanol–water partition coefficient (Wildman–Crippen LogP) is 3.55. The van der Waals surface area contributed by atoms with Crippen LogP contribution in [0.2, 0.25) is 0 Å². The van der Waals surface area contributed by atoms with Crippen LogP contribution in [0, 0.1) is 0 Å². The van der Waals surface area contributed by atoms with Crippen LogP contribution >= 0.6 is 0 Å². The van der Waals surface area contributed by atoms with Crippen molar-refractivity contribution in [2.75, 3.05) is 7.11 Å². The minimum Gasteiger partial charge on any atom is -0.508 e. The quantitative estimate of drug-likeness (QED) is 0.718. The summed E-state index contributed by atoms with van der Waals surface area (Å²) in [6, 6.07) is 15.2. The lowest BCUT2D eigenvalue weighted by molar-refractivity contribution is 0.415. The van der Waals surface area contributed by atoms with Crippen molar-refractivity contribution in [1.82, 2.24) is 4.98 Å². The van der Waals surface area contributed by atoms with Crippen LogP contribution in [0.25, 0.3) is 22.2 Å². The molecule has 0 bridgehead atoms. The molecule has 0 saturated heterocycles. The first kappa shape index (κ1) is 10.7. The van der Waals surface area contributed by atoms with Gasteiger partial charge in [-0.05, 0) is 54.1 Å². The Morgan fingerprint density at radius 2 is 1.78 bits per heavy atom. The molecule has 2 aromatic carbocycles. The molecule has 3 aromatic rings. The maximum absolute atomic E-state index is 9.45. The molecule has 2 N–H and O–H groups in total. The lowest BCUT2D eigenvalue weighted by Gasteiger charge is -2.01. The number of fused-ring (bicyclic) bond motifs is 1. The molecule has 1 heterocycles. The van der Waals surface area contributed by atoms with Crippen LogP contribution in [-0.2, 0) is 0 Å². The molecular weight excluding hydrogens is 226 g/mol. The Morgan fingerprint density at radius 3 is 2.50 bits per heavy atom. The van der Waals surface area contributed by atoms with Crippen LogP contribution in [0.4, 0.5) is 0 Å². The van der Waals surface area contributed by atoms with Gasteiger partial charge in [-0.25, -0.2) is 0 Å². The third-order valence-corrected chi connectivity index (χ3v) is 3.01. The summed E-state index contributed by atoms with van der Waals surface area (Å²) in [5.41, 5.74) is 3.13. The fraction of sp³-hybridized carbons (Fsp3) is 0.0667. The zero-order chi connectivity index (χ0) is 12.5. The van der Waals surface area contributed by atoms with Gasteiger partial charge in [0, 0.05) is 16.6 Å². The SMILES string of the molecule is COc1ccc(-c2cc3cc(O)ccc3[nH]2)cc1. The minimum absolute atomic E-state index is 0.280. The summed E-state index contributed by atoms with van der Waals surface area (Å²) in [4.78, 5) is 3.32. The van der Waals surface area contributed by atoms with Crippen molar-refractivity contribution in [3.8, 4) is 22.8 Å². The number of ether oxygens (including phenoxy) is 1. The van der Waals surface area contributed by atoms with E-state index in [2.05, 4.69) is 4.98 Å². The molecule has 0 atom stereocenters. The van der Waals surface area contributed by atoms with E-state index < -0.39 is 0 Å². The van der Waals surface area contributed by atoms with Crippen LogP contribution in [0.1, 0.15) is 0 Å². The van der Waals surface area contributed by atoms with Gasteiger partial charge in [0.1, 0.15) is 11.5 Å². The van der Waals surface area contributed by atoms with Gasteiger partial charge < -0.3 is 14.8 Å². The van der Waals surface area contributed by atoms with Gasteiger partial charge in [-0.1, -0.05) is 0 Å². The number of phenolic OH excluding ortho intramolecular Hbond substituents is 1. The lowest BCUT2D eigenvalue weighted by Crippen LogP contribution is -1.82. The van der Waals surface area contributed by atoms with Gasteiger partial charge >= 0.3 is 0 Å². The van der Waals surface area contributed by atoms with Crippen LogP contribution in [0.3, 0.4) is 0 Å². The summed E-state index contributed by atoms with van der Waals surface area (Å²) in [5.74, 6) is 1.12. The number of rotatable bonds is 2. The number of methoxy groups -OCH3 is 1. The van der Waals surface area contributed by atoms with Crippen molar-refractivity contribution >= 4 is 10.9 Å². The maximum atomic E-state index is 9.45. The maximum Gasteiger partial charge on any atom is 0.118 e. The van der Waals surface area contributed by atoms with Crippen LogP contribution in [-0.4, -0.2) is 17.2 Å². The van der Waals surface area contributed by atoms with Gasteiger partial charge in [0.15, 0.2) is 0 Å². The first-order valence-corrected chi connectivity index (χ1v) is 5.72. The third kappa shape index (κ3) is 1.80. The van der Waals surface area contributed by atoms with Gasteiger partial charge in [0.2, 0.25) is 0 Å². The first-order chi connectivity index (χ1) is 8.76. The fourth-order valence-electron chi connectivity index (χ4n) is 2.05. The van der Waals surface area contributed by atoms with E-state index in [-0.39, 0.29) is 5.75 Å². The Kier molecular flexibility index (Phi) is 2.45. The minimum atomic E-state index is 0.280. The zero-order valence-corrected chi connectivity index (χ0v) is 9.97. The van der Waals surface area contributed by atoms with Crippen molar-refractivity contribution in [1.29, 1.82) is 0 Å². The molecule has 0 unspecified atom stereocenters. The zero-order valence-electron chi connectivity index (χ0n) is 9.97. The molecule has 0 radical (unpaired) electrons. The number of hydrogen-bond acceptors (Lipinski definition) is 2. The number of aromatic hydroxyl groups is 1. The summed E-state index contributed by atoms with van der Waals surface area (Å²) >= 11 is 0. The van der Waals surface area contributed by atoms with Crippen LogP contribution in [0.15, 0.2) is 48.5 Å². The van der Waals surface area contributed by atoms with Crippen molar-refractivity contribution in [2.45, 2.75) is 0 Å². The monoisotopic (exact) mass is 239 g/mol. The average Bonchev–Trinajstić information content (AvgIpc) is 2.81. The van der Waals surface area contributed by atoms with Gasteiger partial charge in [0.05, 0.1) is 7.11 Å². The molecule has 0 saturated carbocycles. The number of nitrogens with one attached hydrogen (secondary N) is 1. The molecule has 0 aliphatic heterocycles. The molecule has 18 heavy (non-hydrogen) atoms. The molecule has 90 valence electrons. The number of aromatic nitrogens is 1. The molecule has 0 spiro atoms. The van der Waals surface area contributed by atoms with Crippen LogP contribution < -0.4 is 4.74 Å². The summed E-state index contributed by atoms with van der Waals surface area (Å²) in [5, 5.41) is 10.4. The molecule has 1 aromatic heterocycles. The van der Waals surface area contributed by atoms with Crippen LogP contribution in [0.5, 0.6) is 11.5 Å². The number of phenols is 1. The topological polar surface area (TPSA) is 45.2 Å². The fourth-order valence-corrected chi connectivity index (χ4v) is 2.05. The average molecular weight is 239 g/mol. The van der Waals surface area contributed by atoms with E-state index in [1.807, 2.05) is 36.4 Å². The molecular formula is C15H13NO2. The third-order valence-electron chi connectivity index (χ3n) is 3.01. The normalized spacial score (nSPS) is 10.7. The molecule has 3 nitrogen and oxygen atoms in total. The Hall–Kier alpha value is -2.42. The van der Waals surface area contributed by atoms with Gasteiger partial charge in [-0.15, -0.1) is 0 Å². The molecule has 0 fully saturated rings. The highest BCUT2D eigenvalue weighted by molar-refractivity contribution is 5.86.